The van der Waals surface area contributed by atoms with Crippen LogP contribution < -0.4 is 0 Å². The number of methoxy groups -OCH3 is 1. The van der Waals surface area contributed by atoms with Crippen LogP contribution in [-0.2, 0) is 9.53 Å². The number of hydrogen-bond acceptors (Lipinski definition) is 2. The van der Waals surface area contributed by atoms with E-state index in [1.807, 2.05) is 0 Å². The highest BCUT2D eigenvalue weighted by Gasteiger charge is 2.69. The molecule has 0 heterocycles. The molecule has 0 radical (unpaired) electrons. The lowest BCUT2D eigenvalue weighted by atomic mass is 9.63. The maximum absolute atomic E-state index is 12.5. The van der Waals surface area contributed by atoms with Crippen LogP contribution in [0, 0.1) is 52.3 Å². The van der Waals surface area contributed by atoms with E-state index in [0.717, 1.165) is 24.2 Å². The van der Waals surface area contributed by atoms with Crippen molar-refractivity contribution >= 4 is 5.97 Å². The molecule has 0 amide bonds. The van der Waals surface area contributed by atoms with E-state index in [-0.39, 0.29) is 11.4 Å². The molecule has 2 nitrogen and oxygen atoms in total. The standard InChI is InChI=1S/C22H34O2/c1-13(2)6-7-14-10-16(21(3)8-9-21)19-15-11-17(18(14)19)22(4,12-15)20(23)24-5/h6-7,13-19H,8-12H2,1-5H3/b7-6+. The lowest BCUT2D eigenvalue weighted by Gasteiger charge is -2.41. The van der Waals surface area contributed by atoms with Crippen molar-refractivity contribution < 1.29 is 9.53 Å². The number of allylic oxidation sites excluding steroid dienone is 2. The molecule has 4 fully saturated rings. The minimum Gasteiger partial charge on any atom is -0.469 e. The van der Waals surface area contributed by atoms with E-state index >= 15 is 0 Å². The van der Waals surface area contributed by atoms with Crippen molar-refractivity contribution in [2.75, 3.05) is 7.11 Å². The van der Waals surface area contributed by atoms with E-state index in [2.05, 4.69) is 39.8 Å². The van der Waals surface area contributed by atoms with Gasteiger partial charge in [0.05, 0.1) is 12.5 Å². The van der Waals surface area contributed by atoms with Crippen molar-refractivity contribution in [2.24, 2.45) is 52.3 Å². The Morgan fingerprint density at radius 1 is 1.12 bits per heavy atom. The molecule has 4 aliphatic carbocycles. The van der Waals surface area contributed by atoms with Crippen molar-refractivity contribution in [3.05, 3.63) is 12.2 Å². The van der Waals surface area contributed by atoms with Gasteiger partial charge >= 0.3 is 5.97 Å². The first-order chi connectivity index (χ1) is 11.3. The maximum Gasteiger partial charge on any atom is 0.311 e. The lowest BCUT2D eigenvalue weighted by Crippen LogP contribution is -2.42. The molecule has 24 heavy (non-hydrogen) atoms. The van der Waals surface area contributed by atoms with E-state index in [1.54, 1.807) is 7.11 Å². The van der Waals surface area contributed by atoms with Gasteiger partial charge in [-0.2, -0.15) is 0 Å². The average Bonchev–Trinajstić information content (AvgIpc) is 2.91. The van der Waals surface area contributed by atoms with Crippen LogP contribution in [0.2, 0.25) is 0 Å². The van der Waals surface area contributed by atoms with Gasteiger partial charge in [0.1, 0.15) is 0 Å². The predicted octanol–water partition coefficient (Wildman–Crippen LogP) is 5.09. The fourth-order valence-corrected chi connectivity index (χ4v) is 6.97. The summed E-state index contributed by atoms with van der Waals surface area (Å²) in [6.45, 7) is 9.24. The summed E-state index contributed by atoms with van der Waals surface area (Å²) in [5.74, 6) is 5.09. The zero-order valence-electron chi connectivity index (χ0n) is 16.0. The van der Waals surface area contributed by atoms with Gasteiger partial charge in [0.2, 0.25) is 0 Å². The fourth-order valence-electron chi connectivity index (χ4n) is 6.97. The van der Waals surface area contributed by atoms with Crippen LogP contribution >= 0.6 is 0 Å². The van der Waals surface area contributed by atoms with Crippen LogP contribution in [-0.4, -0.2) is 13.1 Å². The highest BCUT2D eigenvalue weighted by molar-refractivity contribution is 5.77. The van der Waals surface area contributed by atoms with Crippen molar-refractivity contribution in [1.29, 1.82) is 0 Å². The number of carbonyl (C=O) groups is 1. The van der Waals surface area contributed by atoms with Gasteiger partial charge in [-0.15, -0.1) is 0 Å². The highest BCUT2D eigenvalue weighted by atomic mass is 16.5. The molecule has 2 heteroatoms. The Bertz CT molecular complexity index is 558. The van der Waals surface area contributed by atoms with Crippen LogP contribution in [0.5, 0.6) is 0 Å². The Labute approximate surface area is 147 Å². The molecule has 4 rings (SSSR count). The van der Waals surface area contributed by atoms with Gasteiger partial charge < -0.3 is 4.74 Å². The molecule has 2 bridgehead atoms. The second-order valence-electron chi connectivity index (χ2n) is 10.2. The van der Waals surface area contributed by atoms with Crippen LogP contribution in [0.1, 0.15) is 59.8 Å². The Balaban J connectivity index is 1.66. The minimum atomic E-state index is -0.232. The summed E-state index contributed by atoms with van der Waals surface area (Å²) in [4.78, 5) is 12.5. The molecule has 4 saturated carbocycles. The quantitative estimate of drug-likeness (QED) is 0.530. The summed E-state index contributed by atoms with van der Waals surface area (Å²) in [6, 6.07) is 0. The lowest BCUT2D eigenvalue weighted by molar-refractivity contribution is -0.157. The third-order valence-corrected chi connectivity index (χ3v) is 8.33. The molecule has 7 unspecified atom stereocenters. The molecule has 0 aromatic carbocycles. The number of rotatable bonds is 4. The van der Waals surface area contributed by atoms with Crippen LogP contribution in [0.15, 0.2) is 12.2 Å². The summed E-state index contributed by atoms with van der Waals surface area (Å²) in [6.07, 6.45) is 11.5. The molecule has 7 atom stereocenters. The molecule has 4 aliphatic rings. The number of carbonyl (C=O) groups excluding carboxylic acids is 1. The normalized spacial score (nSPS) is 48.2. The third kappa shape index (κ3) is 2.24. The first kappa shape index (κ1) is 16.7. The smallest absolute Gasteiger partial charge is 0.311 e. The Morgan fingerprint density at radius 3 is 2.42 bits per heavy atom. The second-order valence-corrected chi connectivity index (χ2v) is 10.2. The SMILES string of the molecule is COC(=O)C1(C)CC2CC1C1C(/C=C/C(C)C)CC(C3(C)CC3)C21. The van der Waals surface area contributed by atoms with Gasteiger partial charge in [-0.3, -0.25) is 4.79 Å². The van der Waals surface area contributed by atoms with Crippen molar-refractivity contribution in [3.63, 3.8) is 0 Å². The summed E-state index contributed by atoms with van der Waals surface area (Å²) in [5, 5.41) is 0. The summed E-state index contributed by atoms with van der Waals surface area (Å²) in [5.41, 5.74) is 0.374. The van der Waals surface area contributed by atoms with Gasteiger partial charge in [0, 0.05) is 0 Å². The molecule has 134 valence electrons. The molecular formula is C22H34O2. The molecule has 0 aromatic rings. The monoisotopic (exact) mass is 330 g/mol. The van der Waals surface area contributed by atoms with E-state index in [1.165, 1.54) is 25.7 Å². The van der Waals surface area contributed by atoms with Crippen LogP contribution in [0.4, 0.5) is 0 Å². The first-order valence-electron chi connectivity index (χ1n) is 10.1. The molecule has 0 saturated heterocycles. The van der Waals surface area contributed by atoms with Gasteiger partial charge in [0.25, 0.3) is 0 Å². The second kappa shape index (κ2) is 5.35. The molecule has 0 aromatic heterocycles. The molecule has 0 N–H and O–H groups in total. The molecule has 0 spiro atoms. The van der Waals surface area contributed by atoms with Gasteiger partial charge in [-0.25, -0.2) is 0 Å². The largest absolute Gasteiger partial charge is 0.469 e. The zero-order chi connectivity index (χ0) is 17.3. The van der Waals surface area contributed by atoms with Crippen LogP contribution in [0.25, 0.3) is 0 Å². The summed E-state index contributed by atoms with van der Waals surface area (Å²) < 4.78 is 5.22. The van der Waals surface area contributed by atoms with Crippen molar-refractivity contribution in [3.8, 4) is 0 Å². The maximum atomic E-state index is 12.5. The Morgan fingerprint density at radius 2 is 1.83 bits per heavy atom. The highest BCUT2D eigenvalue weighted by Crippen LogP contribution is 2.73. The van der Waals surface area contributed by atoms with E-state index in [4.69, 9.17) is 4.74 Å². The van der Waals surface area contributed by atoms with E-state index in [9.17, 15) is 4.79 Å². The fraction of sp³-hybridized carbons (Fsp3) is 0.864. The first-order valence-corrected chi connectivity index (χ1v) is 10.1. The van der Waals surface area contributed by atoms with Crippen LogP contribution in [0.3, 0.4) is 0 Å². The number of hydrogen-bond donors (Lipinski definition) is 0. The number of fused-ring (bicyclic) bond motifs is 5. The van der Waals surface area contributed by atoms with Gasteiger partial charge in [-0.1, -0.05) is 32.9 Å². The average molecular weight is 331 g/mol. The minimum absolute atomic E-state index is 0.0427. The summed E-state index contributed by atoms with van der Waals surface area (Å²) in [7, 11) is 1.57. The molecular weight excluding hydrogens is 296 g/mol. The van der Waals surface area contributed by atoms with Gasteiger partial charge in [0.15, 0.2) is 0 Å². The number of ether oxygens (including phenoxy) is 1. The van der Waals surface area contributed by atoms with E-state index in [0.29, 0.717) is 29.1 Å². The van der Waals surface area contributed by atoms with Crippen molar-refractivity contribution in [2.45, 2.75) is 59.8 Å². The summed E-state index contributed by atoms with van der Waals surface area (Å²) >= 11 is 0. The number of esters is 1. The molecule has 0 aliphatic heterocycles. The Kier molecular flexibility index (Phi) is 3.72. The predicted molar refractivity (Wildman–Crippen MR) is 96.2 cm³/mol. The topological polar surface area (TPSA) is 26.3 Å². The zero-order valence-corrected chi connectivity index (χ0v) is 16.0. The van der Waals surface area contributed by atoms with Gasteiger partial charge in [-0.05, 0) is 85.9 Å². The third-order valence-electron chi connectivity index (χ3n) is 8.33. The van der Waals surface area contributed by atoms with Crippen molar-refractivity contribution in [1.82, 2.24) is 0 Å². The van der Waals surface area contributed by atoms with E-state index < -0.39 is 0 Å². The Hall–Kier alpha value is -0.790.